The smallest absolute Gasteiger partial charge is 0.179 e. The van der Waals surface area contributed by atoms with Gasteiger partial charge in [0.25, 0.3) is 0 Å². The molecule has 0 radical (unpaired) electrons. The van der Waals surface area contributed by atoms with Crippen LogP contribution in [0.25, 0.3) is 82.8 Å². The van der Waals surface area contributed by atoms with E-state index < -0.39 is 8.07 Å². The first-order chi connectivity index (χ1) is 34.3. The van der Waals surface area contributed by atoms with Crippen molar-refractivity contribution < 1.29 is 8.22 Å². The number of benzene rings is 10. The number of rotatable bonds is 8. The van der Waals surface area contributed by atoms with Crippen LogP contribution in [-0.2, 0) is 0 Å². The molecule has 64 heavy (non-hydrogen) atoms. The maximum atomic E-state index is 9.51. The molecule has 0 bridgehead atoms. The van der Waals surface area contributed by atoms with E-state index >= 15 is 0 Å². The molecule has 3 nitrogen and oxygen atoms in total. The number of hydrogen-bond acceptors (Lipinski definition) is 0. The van der Waals surface area contributed by atoms with Crippen molar-refractivity contribution in [2.24, 2.45) is 0 Å². The fourth-order valence-corrected chi connectivity index (χ4v) is 15.2. The summed E-state index contributed by atoms with van der Waals surface area (Å²) < 4.78 is 62.2. The molecule has 300 valence electrons. The highest BCUT2D eigenvalue weighted by Crippen LogP contribution is 2.43. The van der Waals surface area contributed by atoms with Crippen LogP contribution >= 0.6 is 0 Å². The van der Waals surface area contributed by atoms with Gasteiger partial charge in [0.1, 0.15) is 0 Å². The Morgan fingerprint density at radius 2 is 0.719 bits per heavy atom. The van der Waals surface area contributed by atoms with Crippen LogP contribution < -0.4 is 20.7 Å². The molecule has 0 amide bonds. The molecule has 0 aliphatic carbocycles. The van der Waals surface area contributed by atoms with Crippen molar-refractivity contribution in [3.63, 3.8) is 0 Å². The first-order valence-electron chi connectivity index (χ1n) is 24.6. The van der Waals surface area contributed by atoms with E-state index in [2.05, 4.69) is 150 Å². The average molecular weight is 838 g/mol. The number of nitrogens with zero attached hydrogens (tertiary/aromatic N) is 3. The molecule has 0 fully saturated rings. The zero-order valence-corrected chi connectivity index (χ0v) is 35.5. The van der Waals surface area contributed by atoms with Gasteiger partial charge in [0.2, 0.25) is 0 Å². The van der Waals surface area contributed by atoms with Gasteiger partial charge in [-0.2, -0.15) is 0 Å². The molecule has 0 spiro atoms. The van der Waals surface area contributed by atoms with Gasteiger partial charge in [0.15, 0.2) is 8.07 Å². The van der Waals surface area contributed by atoms with Crippen LogP contribution in [0.3, 0.4) is 0 Å². The molecule has 0 saturated heterocycles. The maximum Gasteiger partial charge on any atom is 0.179 e. The van der Waals surface area contributed by atoms with Crippen LogP contribution in [0.15, 0.2) is 249 Å². The van der Waals surface area contributed by atoms with Gasteiger partial charge >= 0.3 is 0 Å². The Morgan fingerprint density at radius 3 is 1.30 bits per heavy atom. The lowest BCUT2D eigenvalue weighted by Crippen LogP contribution is -2.74. The van der Waals surface area contributed by atoms with E-state index in [0.717, 1.165) is 38.6 Å². The van der Waals surface area contributed by atoms with Crippen LogP contribution in [0.1, 0.15) is 8.22 Å². The van der Waals surface area contributed by atoms with E-state index in [9.17, 15) is 8.22 Å². The first-order valence-corrected chi connectivity index (χ1v) is 23.6. The van der Waals surface area contributed by atoms with Gasteiger partial charge in [-0.25, -0.2) is 0 Å². The highest BCUT2D eigenvalue weighted by molar-refractivity contribution is 7.19. The normalized spacial score (nSPS) is 13.4. The van der Waals surface area contributed by atoms with Crippen LogP contribution in [0.2, 0.25) is 0 Å². The largest absolute Gasteiger partial charge is 0.309 e. The Labute approximate surface area is 380 Å². The Bertz CT molecular complexity index is 3990. The zero-order chi connectivity index (χ0) is 47.4. The lowest BCUT2D eigenvalue weighted by atomic mass is 10.1. The summed E-state index contributed by atoms with van der Waals surface area (Å²) in [7, 11) is -2.86. The minimum absolute atomic E-state index is 0.142. The molecule has 10 aromatic carbocycles. The summed E-state index contributed by atoms with van der Waals surface area (Å²) in [6, 6.07) is 73.1. The maximum absolute atomic E-state index is 9.51. The molecule has 13 aromatic rings. The summed E-state index contributed by atoms with van der Waals surface area (Å²) in [5.74, 6) is 0. The van der Waals surface area contributed by atoms with Gasteiger partial charge in [0.05, 0.1) is 41.3 Å². The predicted octanol–water partition coefficient (Wildman–Crippen LogP) is 12.3. The number of fused-ring (bicyclic) bond motifs is 3. The SMILES string of the molecule is [2H]c1c([2H])c2c3c4c(c([2H])c([2H])c([2H])c4n(-c4ccc5c(c4)c4ccccc4n5-c4cccc([Si](c5ccccc5)(c5ccccc5)c5ccccc5)c4)c3c1[2H])n2-c1ccc(-c2ccccc2)cc1. The summed E-state index contributed by atoms with van der Waals surface area (Å²) in [5, 5.41) is 8.15. The summed E-state index contributed by atoms with van der Waals surface area (Å²) in [6.45, 7) is 0. The van der Waals surface area contributed by atoms with Crippen molar-refractivity contribution in [1.29, 1.82) is 0 Å². The van der Waals surface area contributed by atoms with E-state index in [-0.39, 0.29) is 36.3 Å². The lowest BCUT2D eigenvalue weighted by Gasteiger charge is -2.34. The molecule has 0 saturated carbocycles. The van der Waals surface area contributed by atoms with Crippen molar-refractivity contribution >= 4 is 83.5 Å². The summed E-state index contributed by atoms with van der Waals surface area (Å²) in [4.78, 5) is 0. The predicted molar refractivity (Wildman–Crippen MR) is 272 cm³/mol. The Kier molecular flexibility index (Phi) is 6.95. The fraction of sp³-hybridized carbons (Fsp3) is 0. The topological polar surface area (TPSA) is 14.8 Å². The molecule has 0 unspecified atom stereocenters. The number of aromatic nitrogens is 3. The van der Waals surface area contributed by atoms with Crippen LogP contribution in [0.5, 0.6) is 0 Å². The van der Waals surface area contributed by atoms with Gasteiger partial charge in [-0.1, -0.05) is 176 Å². The van der Waals surface area contributed by atoms with Crippen molar-refractivity contribution in [2.75, 3.05) is 0 Å². The second-order valence-corrected chi connectivity index (χ2v) is 20.2. The summed E-state index contributed by atoms with van der Waals surface area (Å²) in [6.07, 6.45) is 0. The molecule has 0 N–H and O–H groups in total. The van der Waals surface area contributed by atoms with E-state index in [0.29, 0.717) is 44.2 Å². The molecular weight excluding hydrogens is 791 g/mol. The molecule has 13 rings (SSSR count). The standard InChI is InChI=1S/C60H41N3Si/c1-5-18-42(19-6-1)43-34-36-44(37-35-43)61-55-30-16-32-57-59(55)60-56(61)31-17-33-58(60)63(57)46-38-39-54-52(41-46)51-28-13-14-29-53(51)62(54)45-20-15-27-50(40-45)64(47-21-7-2-8-22-47,48-23-9-3-10-24-48)49-25-11-4-12-26-49/h1-41H/i16D,17D,30D,31D,32D,33D. The van der Waals surface area contributed by atoms with E-state index in [1.54, 1.807) is 4.57 Å². The van der Waals surface area contributed by atoms with Gasteiger partial charge < -0.3 is 13.7 Å². The monoisotopic (exact) mass is 837 g/mol. The summed E-state index contributed by atoms with van der Waals surface area (Å²) >= 11 is 0. The van der Waals surface area contributed by atoms with Crippen molar-refractivity contribution in [3.05, 3.63) is 249 Å². The molecule has 4 heteroatoms. The summed E-state index contributed by atoms with van der Waals surface area (Å²) in [5.41, 5.74) is 7.85. The average Bonchev–Trinajstić information content (AvgIpc) is 4.07. The van der Waals surface area contributed by atoms with Gasteiger partial charge in [-0.15, -0.1) is 0 Å². The second-order valence-electron chi connectivity index (χ2n) is 16.4. The lowest BCUT2D eigenvalue weighted by molar-refractivity contribution is 1.15. The van der Waals surface area contributed by atoms with Gasteiger partial charge in [-0.3, -0.25) is 0 Å². The van der Waals surface area contributed by atoms with E-state index in [4.69, 9.17) is 0 Å². The van der Waals surface area contributed by atoms with Crippen LogP contribution in [-0.4, -0.2) is 21.8 Å². The highest BCUT2D eigenvalue weighted by Gasteiger charge is 2.41. The van der Waals surface area contributed by atoms with Crippen molar-refractivity contribution in [2.45, 2.75) is 0 Å². The third-order valence-corrected chi connectivity index (χ3v) is 17.9. The van der Waals surface area contributed by atoms with Crippen molar-refractivity contribution in [3.8, 4) is 28.2 Å². The minimum Gasteiger partial charge on any atom is -0.309 e. The van der Waals surface area contributed by atoms with Gasteiger partial charge in [0, 0.05) is 38.6 Å². The highest BCUT2D eigenvalue weighted by atomic mass is 28.3. The Balaban J connectivity index is 1.05. The third kappa shape index (κ3) is 5.33. The third-order valence-electron chi connectivity index (χ3n) is 13.1. The van der Waals surface area contributed by atoms with Crippen LogP contribution in [0, 0.1) is 0 Å². The molecule has 0 aliphatic rings. The Hall–Kier alpha value is -8.18. The molecule has 3 heterocycles. The zero-order valence-electron chi connectivity index (χ0n) is 40.5. The van der Waals surface area contributed by atoms with E-state index in [1.807, 2.05) is 71.3 Å². The number of para-hydroxylation sites is 1. The minimum atomic E-state index is -2.86. The van der Waals surface area contributed by atoms with Crippen molar-refractivity contribution in [1.82, 2.24) is 13.7 Å². The molecule has 0 atom stereocenters. The van der Waals surface area contributed by atoms with E-state index in [1.165, 1.54) is 20.7 Å². The second kappa shape index (κ2) is 14.5. The Morgan fingerprint density at radius 1 is 0.297 bits per heavy atom. The molecular formula is C60H41N3Si. The number of hydrogen-bond donors (Lipinski definition) is 0. The fourth-order valence-electron chi connectivity index (χ4n) is 10.4. The molecule has 0 aliphatic heterocycles. The van der Waals surface area contributed by atoms with Gasteiger partial charge in [-0.05, 0) is 105 Å². The molecule has 3 aromatic heterocycles. The first kappa shape index (κ1) is 30.8. The quantitative estimate of drug-likeness (QED) is 0.107. The van der Waals surface area contributed by atoms with Crippen LogP contribution in [0.4, 0.5) is 0 Å².